The number of nitrogens with two attached hydrogens (primary N) is 1. The summed E-state index contributed by atoms with van der Waals surface area (Å²) in [5.41, 5.74) is 6.21. The first-order valence-corrected chi connectivity index (χ1v) is 5.79. The fourth-order valence-electron chi connectivity index (χ4n) is 1.40. The Morgan fingerprint density at radius 1 is 1.40 bits per heavy atom. The molecule has 2 N–H and O–H groups in total. The zero-order valence-electron chi connectivity index (χ0n) is 10.7. The summed E-state index contributed by atoms with van der Waals surface area (Å²) in [6, 6.07) is 3.59. The molecule has 0 atom stereocenters. The summed E-state index contributed by atoms with van der Waals surface area (Å²) < 4.78 is 44.5. The van der Waals surface area contributed by atoms with E-state index in [1.165, 1.54) is 18.2 Å². The van der Waals surface area contributed by atoms with E-state index in [2.05, 4.69) is 4.74 Å². The van der Waals surface area contributed by atoms with E-state index < -0.39 is 12.1 Å². The Kier molecular flexibility index (Phi) is 5.42. The molecule has 0 amide bonds. The van der Waals surface area contributed by atoms with E-state index in [-0.39, 0.29) is 24.7 Å². The highest BCUT2D eigenvalue weighted by Gasteiger charge is 2.31. The Morgan fingerprint density at radius 3 is 2.65 bits per heavy atom. The molecule has 0 radical (unpaired) electrons. The lowest BCUT2D eigenvalue weighted by Gasteiger charge is -2.10. The molecule has 0 spiro atoms. The highest BCUT2D eigenvalue weighted by Crippen LogP contribution is 2.26. The summed E-state index contributed by atoms with van der Waals surface area (Å²) in [5.74, 6) is -0.781. The van der Waals surface area contributed by atoms with Crippen LogP contribution in [0.2, 0.25) is 0 Å². The maximum atomic E-state index is 12.0. The van der Waals surface area contributed by atoms with Crippen molar-refractivity contribution in [1.82, 2.24) is 0 Å². The highest BCUT2D eigenvalue weighted by molar-refractivity contribution is 5.74. The third-order valence-electron chi connectivity index (χ3n) is 2.18. The summed E-state index contributed by atoms with van der Waals surface area (Å²) in [5, 5.41) is 0. The Bertz CT molecular complexity index is 498. The summed E-state index contributed by atoms with van der Waals surface area (Å²) in [4.78, 5) is 11.1. The van der Waals surface area contributed by atoms with Crippen LogP contribution >= 0.6 is 0 Å². The van der Waals surface area contributed by atoms with Crippen LogP contribution in [0.25, 0.3) is 6.08 Å². The quantitative estimate of drug-likeness (QED) is 0.668. The van der Waals surface area contributed by atoms with Crippen LogP contribution in [-0.4, -0.2) is 18.9 Å². The van der Waals surface area contributed by atoms with E-state index >= 15 is 0 Å². The third kappa shape index (κ3) is 5.64. The molecule has 0 unspecified atom stereocenters. The number of nitrogen functional groups attached to an aromatic ring is 1. The van der Waals surface area contributed by atoms with Gasteiger partial charge in [0.2, 0.25) is 0 Å². The lowest BCUT2D eigenvalue weighted by Crippen LogP contribution is -2.17. The van der Waals surface area contributed by atoms with Gasteiger partial charge < -0.3 is 15.2 Å². The molecule has 7 heteroatoms. The molecule has 0 saturated carbocycles. The second-order valence-electron chi connectivity index (χ2n) is 3.75. The van der Waals surface area contributed by atoms with Crippen LogP contribution in [0.4, 0.5) is 18.9 Å². The lowest BCUT2D eigenvalue weighted by molar-refractivity contribution is -0.274. The first-order valence-electron chi connectivity index (χ1n) is 5.79. The van der Waals surface area contributed by atoms with Gasteiger partial charge in [0.1, 0.15) is 5.75 Å². The van der Waals surface area contributed by atoms with Crippen molar-refractivity contribution < 1.29 is 27.4 Å². The number of ether oxygens (including phenoxy) is 2. The van der Waals surface area contributed by atoms with Crippen molar-refractivity contribution >= 4 is 17.7 Å². The topological polar surface area (TPSA) is 61.5 Å². The summed E-state index contributed by atoms with van der Waals surface area (Å²) in [6.45, 7) is 1.98. The van der Waals surface area contributed by atoms with Crippen LogP contribution in [0, 0.1) is 0 Å². The molecule has 1 rings (SSSR count). The maximum absolute atomic E-state index is 12.0. The Hall–Kier alpha value is -2.18. The van der Waals surface area contributed by atoms with Crippen LogP contribution in [0.5, 0.6) is 5.75 Å². The molecular weight excluding hydrogens is 275 g/mol. The number of hydrogen-bond acceptors (Lipinski definition) is 4. The van der Waals surface area contributed by atoms with Crippen LogP contribution in [-0.2, 0) is 9.53 Å². The molecular formula is C13H14F3NO3. The van der Waals surface area contributed by atoms with Crippen molar-refractivity contribution in [2.24, 2.45) is 0 Å². The minimum absolute atomic E-state index is 0.0636. The summed E-state index contributed by atoms with van der Waals surface area (Å²) in [7, 11) is 0. The molecule has 0 bridgehead atoms. The predicted octanol–water partition coefficient (Wildman–Crippen LogP) is 3.13. The molecule has 0 aromatic heterocycles. The average molecular weight is 289 g/mol. The van der Waals surface area contributed by atoms with Crippen LogP contribution in [0.1, 0.15) is 18.9 Å². The Labute approximate surface area is 114 Å². The van der Waals surface area contributed by atoms with Gasteiger partial charge in [0.15, 0.2) is 0 Å². The summed E-state index contributed by atoms with van der Waals surface area (Å²) in [6.07, 6.45) is -1.64. The zero-order chi connectivity index (χ0) is 15.2. The second-order valence-corrected chi connectivity index (χ2v) is 3.75. The molecule has 0 saturated heterocycles. The number of alkyl halides is 3. The number of carbonyl (C=O) groups is 1. The highest BCUT2D eigenvalue weighted by atomic mass is 19.4. The predicted molar refractivity (Wildman–Crippen MR) is 67.8 cm³/mol. The van der Waals surface area contributed by atoms with E-state index in [1.807, 2.05) is 0 Å². The Balaban J connectivity index is 2.69. The molecule has 110 valence electrons. The van der Waals surface area contributed by atoms with Gasteiger partial charge in [-0.25, -0.2) is 0 Å². The largest absolute Gasteiger partial charge is 0.573 e. The van der Waals surface area contributed by atoms with Crippen LogP contribution in [0.15, 0.2) is 24.3 Å². The molecule has 1 aromatic carbocycles. The van der Waals surface area contributed by atoms with E-state index in [0.29, 0.717) is 5.56 Å². The van der Waals surface area contributed by atoms with Crippen molar-refractivity contribution in [1.29, 1.82) is 0 Å². The van der Waals surface area contributed by atoms with E-state index in [4.69, 9.17) is 10.5 Å². The smallest absolute Gasteiger partial charge is 0.466 e. The molecule has 4 nitrogen and oxygen atoms in total. The lowest BCUT2D eigenvalue weighted by atomic mass is 10.1. The first kappa shape index (κ1) is 15.9. The van der Waals surface area contributed by atoms with Crippen molar-refractivity contribution in [3.8, 4) is 5.75 Å². The Morgan fingerprint density at radius 2 is 2.10 bits per heavy atom. The minimum atomic E-state index is -4.76. The molecule has 0 aliphatic heterocycles. The number of anilines is 1. The fraction of sp³-hybridized carbons (Fsp3) is 0.308. The first-order chi connectivity index (χ1) is 9.31. The van der Waals surface area contributed by atoms with Gasteiger partial charge in [-0.1, -0.05) is 12.2 Å². The van der Waals surface area contributed by atoms with E-state index in [9.17, 15) is 18.0 Å². The van der Waals surface area contributed by atoms with Gasteiger partial charge in [0, 0.05) is 11.8 Å². The van der Waals surface area contributed by atoms with Crippen molar-refractivity contribution in [2.45, 2.75) is 19.7 Å². The minimum Gasteiger partial charge on any atom is -0.466 e. The van der Waals surface area contributed by atoms with E-state index in [1.54, 1.807) is 6.92 Å². The average Bonchev–Trinajstić information content (AvgIpc) is 2.30. The molecule has 20 heavy (non-hydrogen) atoms. The molecule has 0 aliphatic rings. The summed E-state index contributed by atoms with van der Waals surface area (Å²) >= 11 is 0. The van der Waals surface area contributed by atoms with Crippen molar-refractivity contribution in [2.75, 3.05) is 12.3 Å². The monoisotopic (exact) mass is 289 g/mol. The van der Waals surface area contributed by atoms with Gasteiger partial charge in [0.25, 0.3) is 0 Å². The SMILES string of the molecule is CCOC(=O)CC=Cc1ccc(OC(F)(F)F)cc1N. The number of rotatable bonds is 5. The van der Waals surface area contributed by atoms with Gasteiger partial charge >= 0.3 is 12.3 Å². The molecule has 0 aliphatic carbocycles. The van der Waals surface area contributed by atoms with Crippen LogP contribution < -0.4 is 10.5 Å². The van der Waals surface area contributed by atoms with Crippen molar-refractivity contribution in [3.63, 3.8) is 0 Å². The van der Waals surface area contributed by atoms with Gasteiger partial charge in [-0.3, -0.25) is 4.79 Å². The number of hydrogen-bond donors (Lipinski definition) is 1. The van der Waals surface area contributed by atoms with Crippen LogP contribution in [0.3, 0.4) is 0 Å². The van der Waals surface area contributed by atoms with E-state index in [0.717, 1.165) is 12.1 Å². The van der Waals surface area contributed by atoms with Gasteiger partial charge in [-0.15, -0.1) is 13.2 Å². The maximum Gasteiger partial charge on any atom is 0.573 e. The molecule has 0 fully saturated rings. The number of halogens is 3. The normalized spacial score (nSPS) is 11.6. The van der Waals surface area contributed by atoms with Gasteiger partial charge in [-0.05, 0) is 24.6 Å². The number of carbonyl (C=O) groups excluding carboxylic acids is 1. The number of esters is 1. The van der Waals surface area contributed by atoms with Gasteiger partial charge in [-0.2, -0.15) is 0 Å². The zero-order valence-corrected chi connectivity index (χ0v) is 10.7. The standard InChI is InChI=1S/C13H14F3NO3/c1-2-19-12(18)5-3-4-9-6-7-10(8-11(9)17)20-13(14,15)16/h3-4,6-8H,2,5,17H2,1H3. The molecule has 1 aromatic rings. The van der Waals surface area contributed by atoms with Crippen molar-refractivity contribution in [3.05, 3.63) is 29.8 Å². The third-order valence-corrected chi connectivity index (χ3v) is 2.18. The number of benzene rings is 1. The van der Waals surface area contributed by atoms with Gasteiger partial charge in [0.05, 0.1) is 13.0 Å². The molecule has 0 heterocycles. The fourth-order valence-corrected chi connectivity index (χ4v) is 1.40. The second kappa shape index (κ2) is 6.83.